The van der Waals surface area contributed by atoms with Crippen molar-refractivity contribution in [2.45, 2.75) is 25.6 Å². The van der Waals surface area contributed by atoms with Gasteiger partial charge in [-0.3, -0.25) is 4.79 Å². The summed E-state index contributed by atoms with van der Waals surface area (Å²) >= 11 is 6.21. The molecular formula is C27H23ClF3N5O6. The number of hydrogen-bond acceptors (Lipinski definition) is 5. The van der Waals surface area contributed by atoms with E-state index in [1.165, 1.54) is 12.5 Å². The van der Waals surface area contributed by atoms with E-state index in [4.69, 9.17) is 21.5 Å². The van der Waals surface area contributed by atoms with Crippen molar-refractivity contribution < 1.29 is 42.6 Å². The van der Waals surface area contributed by atoms with E-state index in [-0.39, 0.29) is 17.7 Å². The third-order valence-electron chi connectivity index (χ3n) is 5.66. The van der Waals surface area contributed by atoms with Crippen LogP contribution in [0.1, 0.15) is 21.6 Å². The number of carboxylic acids is 2. The van der Waals surface area contributed by atoms with Crippen LogP contribution in [0.5, 0.6) is 0 Å². The Kier molecular flexibility index (Phi) is 10.1. The summed E-state index contributed by atoms with van der Waals surface area (Å²) in [6.45, 7) is 1.81. The lowest BCUT2D eigenvalue weighted by molar-refractivity contribution is -0.192. The first-order valence-electron chi connectivity index (χ1n) is 11.9. The molecule has 0 bridgehead atoms. The SMILES string of the molecule is Cc1cccc(Cl)c1NC(=O)Nc1cc2ccccc2cc1C(=O)NC(Cc1cnc[nH]1)C(=O)O.O=C(O)C(F)(F)F. The van der Waals surface area contributed by atoms with Gasteiger partial charge in [-0.15, -0.1) is 0 Å². The lowest BCUT2D eigenvalue weighted by Gasteiger charge is -2.17. The van der Waals surface area contributed by atoms with Crippen molar-refractivity contribution in [3.63, 3.8) is 0 Å². The molecule has 220 valence electrons. The molecule has 42 heavy (non-hydrogen) atoms. The highest BCUT2D eigenvalue weighted by Crippen LogP contribution is 2.27. The zero-order chi connectivity index (χ0) is 31.0. The lowest BCUT2D eigenvalue weighted by atomic mass is 10.0. The van der Waals surface area contributed by atoms with Crippen LogP contribution >= 0.6 is 11.6 Å². The topological polar surface area (TPSA) is 174 Å². The van der Waals surface area contributed by atoms with E-state index in [9.17, 15) is 32.7 Å². The van der Waals surface area contributed by atoms with Crippen molar-refractivity contribution >= 4 is 57.6 Å². The Morgan fingerprint density at radius 1 is 1.00 bits per heavy atom. The molecule has 4 aromatic rings. The standard InChI is InChI=1S/C25H22ClN5O4.C2HF3O2/c1-14-5-4-8-19(26)22(14)31-25(35)30-20-10-16-7-3-2-6-15(16)9-18(20)23(32)29-21(24(33)34)11-17-12-27-13-28-17;3-2(4,5)1(6)7/h2-10,12-13,21H,11H2,1H3,(H,27,28)(H,29,32)(H,33,34)(H2,30,31,35);(H,6,7). The quantitative estimate of drug-likeness (QED) is 0.167. The monoisotopic (exact) mass is 605 g/mol. The van der Waals surface area contributed by atoms with Gasteiger partial charge in [0.05, 0.1) is 28.3 Å². The van der Waals surface area contributed by atoms with Crippen molar-refractivity contribution in [1.29, 1.82) is 0 Å². The Balaban J connectivity index is 0.000000616. The smallest absolute Gasteiger partial charge is 0.480 e. The minimum absolute atomic E-state index is 0.0175. The number of alkyl halides is 3. The zero-order valence-electron chi connectivity index (χ0n) is 21.6. The molecular weight excluding hydrogens is 583 g/mol. The second-order valence-corrected chi connectivity index (χ2v) is 9.11. The summed E-state index contributed by atoms with van der Waals surface area (Å²) < 4.78 is 31.7. The van der Waals surface area contributed by atoms with Gasteiger partial charge in [0, 0.05) is 18.3 Å². The number of aryl methyl sites for hydroxylation is 1. The highest BCUT2D eigenvalue weighted by Gasteiger charge is 2.38. The number of nitrogens with zero attached hydrogens (tertiary/aromatic N) is 1. The van der Waals surface area contributed by atoms with Gasteiger partial charge in [0.25, 0.3) is 5.91 Å². The molecule has 0 aliphatic heterocycles. The number of hydrogen-bond donors (Lipinski definition) is 6. The molecule has 1 aromatic heterocycles. The van der Waals surface area contributed by atoms with Crippen LogP contribution in [0.2, 0.25) is 5.02 Å². The first-order chi connectivity index (χ1) is 19.8. The second kappa shape index (κ2) is 13.5. The molecule has 0 spiro atoms. The van der Waals surface area contributed by atoms with E-state index >= 15 is 0 Å². The van der Waals surface area contributed by atoms with Crippen molar-refractivity contribution in [3.05, 3.63) is 89.0 Å². The molecule has 11 nitrogen and oxygen atoms in total. The summed E-state index contributed by atoms with van der Waals surface area (Å²) in [5, 5.41) is 26.6. The molecule has 3 aromatic carbocycles. The summed E-state index contributed by atoms with van der Waals surface area (Å²) in [4.78, 5) is 53.4. The van der Waals surface area contributed by atoms with E-state index < -0.39 is 36.1 Å². The number of benzene rings is 3. The molecule has 3 amide bonds. The predicted molar refractivity (Wildman–Crippen MR) is 148 cm³/mol. The van der Waals surface area contributed by atoms with Crippen molar-refractivity contribution in [2.75, 3.05) is 10.6 Å². The van der Waals surface area contributed by atoms with Crippen LogP contribution in [-0.4, -0.2) is 56.3 Å². The summed E-state index contributed by atoms with van der Waals surface area (Å²) in [6, 6.07) is 14.0. The number of fused-ring (bicyclic) bond motifs is 1. The molecule has 0 aliphatic rings. The number of H-pyrrole nitrogens is 1. The van der Waals surface area contributed by atoms with Gasteiger partial charge in [-0.05, 0) is 41.5 Å². The molecule has 1 unspecified atom stereocenters. The highest BCUT2D eigenvalue weighted by atomic mass is 35.5. The molecule has 1 heterocycles. The van der Waals surface area contributed by atoms with E-state index in [1.807, 2.05) is 37.3 Å². The molecule has 0 fully saturated rings. The number of carbonyl (C=O) groups is 4. The average molecular weight is 606 g/mol. The van der Waals surface area contributed by atoms with Crippen molar-refractivity contribution in [2.24, 2.45) is 0 Å². The van der Waals surface area contributed by atoms with Gasteiger partial charge >= 0.3 is 24.1 Å². The number of carbonyl (C=O) groups excluding carboxylic acids is 2. The summed E-state index contributed by atoms with van der Waals surface area (Å²) in [5.41, 5.74) is 2.11. The summed E-state index contributed by atoms with van der Waals surface area (Å²) in [6.07, 6.45) is -2.14. The number of nitrogens with one attached hydrogen (secondary N) is 4. The molecule has 15 heteroatoms. The average Bonchev–Trinajstić information content (AvgIpc) is 3.43. The van der Waals surface area contributed by atoms with Gasteiger partial charge in [0.2, 0.25) is 0 Å². The van der Waals surface area contributed by atoms with Crippen LogP contribution in [0, 0.1) is 6.92 Å². The maximum Gasteiger partial charge on any atom is 0.490 e. The third-order valence-corrected chi connectivity index (χ3v) is 5.98. The maximum absolute atomic E-state index is 13.2. The van der Waals surface area contributed by atoms with E-state index in [0.717, 1.165) is 16.3 Å². The van der Waals surface area contributed by atoms with Crippen molar-refractivity contribution in [1.82, 2.24) is 15.3 Å². The van der Waals surface area contributed by atoms with E-state index in [0.29, 0.717) is 16.4 Å². The van der Waals surface area contributed by atoms with Crippen LogP contribution in [-0.2, 0) is 16.0 Å². The number of carboxylic acid groups (broad SMARTS) is 2. The minimum Gasteiger partial charge on any atom is -0.480 e. The third kappa shape index (κ3) is 8.44. The van der Waals surface area contributed by atoms with Gasteiger partial charge in [-0.2, -0.15) is 13.2 Å². The predicted octanol–water partition coefficient (Wildman–Crippen LogP) is 5.23. The molecule has 0 saturated heterocycles. The first-order valence-corrected chi connectivity index (χ1v) is 12.3. The van der Waals surface area contributed by atoms with Crippen LogP contribution in [0.25, 0.3) is 10.8 Å². The number of aromatic amines is 1. The number of para-hydroxylation sites is 1. The van der Waals surface area contributed by atoms with Gasteiger partial charge in [0.15, 0.2) is 0 Å². The fourth-order valence-corrected chi connectivity index (χ4v) is 3.91. The van der Waals surface area contributed by atoms with E-state index in [2.05, 4.69) is 25.9 Å². The molecule has 0 radical (unpaired) electrons. The van der Waals surface area contributed by atoms with Crippen LogP contribution in [0.3, 0.4) is 0 Å². The summed E-state index contributed by atoms with van der Waals surface area (Å²) in [7, 11) is 0. The van der Waals surface area contributed by atoms with E-state index in [1.54, 1.807) is 24.3 Å². The number of aliphatic carboxylic acids is 2. The maximum atomic E-state index is 13.2. The van der Waals surface area contributed by atoms with Crippen LogP contribution < -0.4 is 16.0 Å². The molecule has 6 N–H and O–H groups in total. The Hall–Kier alpha value is -5.11. The number of amides is 3. The first kappa shape index (κ1) is 31.4. The van der Waals surface area contributed by atoms with Gasteiger partial charge in [0.1, 0.15) is 6.04 Å². The molecule has 0 aliphatic carbocycles. The number of rotatable bonds is 7. The minimum atomic E-state index is -5.08. The highest BCUT2D eigenvalue weighted by molar-refractivity contribution is 6.34. The van der Waals surface area contributed by atoms with Gasteiger partial charge < -0.3 is 31.1 Å². The molecule has 1 atom stereocenters. The molecule has 4 rings (SSSR count). The normalized spacial score (nSPS) is 11.5. The number of halogens is 4. The Morgan fingerprint density at radius 2 is 1.64 bits per heavy atom. The number of anilines is 2. The van der Waals surface area contributed by atoms with Gasteiger partial charge in [-0.1, -0.05) is 48.0 Å². The Bertz CT molecular complexity index is 1590. The molecule has 0 saturated carbocycles. The number of urea groups is 1. The van der Waals surface area contributed by atoms with Crippen LogP contribution in [0.4, 0.5) is 29.3 Å². The number of aromatic nitrogens is 2. The zero-order valence-corrected chi connectivity index (χ0v) is 22.4. The fraction of sp³-hybridized carbons (Fsp3) is 0.148. The lowest BCUT2D eigenvalue weighted by Crippen LogP contribution is -2.42. The number of imidazole rings is 1. The second-order valence-electron chi connectivity index (χ2n) is 8.70. The Morgan fingerprint density at radius 3 is 2.19 bits per heavy atom. The summed E-state index contributed by atoms with van der Waals surface area (Å²) in [5.74, 6) is -4.60. The fourth-order valence-electron chi connectivity index (χ4n) is 3.64. The van der Waals surface area contributed by atoms with Crippen molar-refractivity contribution in [3.8, 4) is 0 Å². The largest absolute Gasteiger partial charge is 0.490 e. The Labute approximate surface area is 240 Å². The van der Waals surface area contributed by atoms with Crippen LogP contribution in [0.15, 0.2) is 67.1 Å². The van der Waals surface area contributed by atoms with Gasteiger partial charge in [-0.25, -0.2) is 19.4 Å².